The second kappa shape index (κ2) is 7.76. The van der Waals surface area contributed by atoms with Crippen LogP contribution in [-0.4, -0.2) is 21.5 Å². The van der Waals surface area contributed by atoms with Crippen LogP contribution in [0.1, 0.15) is 29.3 Å². The van der Waals surface area contributed by atoms with E-state index in [1.165, 1.54) is 30.3 Å². The maximum absolute atomic E-state index is 14.4. The van der Waals surface area contributed by atoms with E-state index in [1.807, 2.05) is 0 Å². The van der Waals surface area contributed by atoms with Crippen molar-refractivity contribution in [3.05, 3.63) is 57.0 Å². The average Bonchev–Trinajstić information content (AvgIpc) is 3.00. The van der Waals surface area contributed by atoms with E-state index >= 15 is 0 Å². The van der Waals surface area contributed by atoms with Crippen LogP contribution in [0.2, 0.25) is 5.02 Å². The maximum Gasteiger partial charge on any atom is 0.199 e. The highest BCUT2D eigenvalue weighted by Crippen LogP contribution is 2.33. The predicted molar refractivity (Wildman–Crippen MR) is 105 cm³/mol. The van der Waals surface area contributed by atoms with Gasteiger partial charge in [-0.2, -0.15) is 0 Å². The van der Waals surface area contributed by atoms with Crippen LogP contribution in [0.3, 0.4) is 0 Å². The van der Waals surface area contributed by atoms with Gasteiger partial charge in [-0.3, -0.25) is 4.79 Å². The highest BCUT2D eigenvalue weighted by molar-refractivity contribution is 9.10. The van der Waals surface area contributed by atoms with E-state index in [4.69, 9.17) is 11.6 Å². The van der Waals surface area contributed by atoms with Gasteiger partial charge in [0.25, 0.3) is 0 Å². The van der Waals surface area contributed by atoms with Crippen molar-refractivity contribution in [3.63, 3.8) is 0 Å². The molecule has 0 amide bonds. The first-order chi connectivity index (χ1) is 12.0. The van der Waals surface area contributed by atoms with E-state index in [0.717, 1.165) is 16.6 Å². The summed E-state index contributed by atoms with van der Waals surface area (Å²) in [6.07, 6.45) is 4.13. The van der Waals surface area contributed by atoms with Gasteiger partial charge in [0, 0.05) is 33.6 Å². The SMILES string of the molecule is CCCSNc1ccc(F)c(C(=O)c2c[nH]c3ncc(Br)cc23)c1Cl. The topological polar surface area (TPSA) is 57.8 Å². The molecule has 2 N–H and O–H groups in total. The molecule has 0 aliphatic heterocycles. The Bertz CT molecular complexity index is 947. The van der Waals surface area contributed by atoms with E-state index in [1.54, 1.807) is 12.3 Å². The molecule has 1 aromatic carbocycles. The molecule has 25 heavy (non-hydrogen) atoms. The van der Waals surface area contributed by atoms with E-state index in [9.17, 15) is 9.18 Å². The Morgan fingerprint density at radius 2 is 2.28 bits per heavy atom. The van der Waals surface area contributed by atoms with Gasteiger partial charge >= 0.3 is 0 Å². The number of pyridine rings is 1. The molecule has 3 aromatic rings. The first-order valence-corrected chi connectivity index (χ1v) is 9.71. The van der Waals surface area contributed by atoms with Gasteiger partial charge in [0.1, 0.15) is 11.5 Å². The highest BCUT2D eigenvalue weighted by Gasteiger charge is 2.23. The summed E-state index contributed by atoms with van der Waals surface area (Å²) >= 11 is 11.1. The molecular formula is C17H14BrClFN3OS. The van der Waals surface area contributed by atoms with Crippen LogP contribution in [0, 0.1) is 5.82 Å². The van der Waals surface area contributed by atoms with Crippen molar-refractivity contribution < 1.29 is 9.18 Å². The monoisotopic (exact) mass is 441 g/mol. The summed E-state index contributed by atoms with van der Waals surface area (Å²) in [7, 11) is 0. The fraction of sp³-hybridized carbons (Fsp3) is 0.176. The van der Waals surface area contributed by atoms with Crippen molar-refractivity contribution in [2.75, 3.05) is 10.5 Å². The zero-order valence-corrected chi connectivity index (χ0v) is 16.4. The summed E-state index contributed by atoms with van der Waals surface area (Å²) in [5.74, 6) is -0.268. The number of carbonyl (C=O) groups excluding carboxylic acids is 1. The van der Waals surface area contributed by atoms with Crippen molar-refractivity contribution in [1.29, 1.82) is 0 Å². The number of ketones is 1. The summed E-state index contributed by atoms with van der Waals surface area (Å²) in [5, 5.41) is 0.680. The van der Waals surface area contributed by atoms with Gasteiger partial charge in [0.2, 0.25) is 0 Å². The van der Waals surface area contributed by atoms with Gasteiger partial charge in [0.05, 0.1) is 16.3 Å². The number of hydrogen-bond acceptors (Lipinski definition) is 4. The third-order valence-electron chi connectivity index (χ3n) is 3.55. The zero-order chi connectivity index (χ0) is 18.0. The molecule has 0 bridgehead atoms. The average molecular weight is 443 g/mol. The molecule has 3 rings (SSSR count). The Kier molecular flexibility index (Phi) is 5.66. The zero-order valence-electron chi connectivity index (χ0n) is 13.2. The van der Waals surface area contributed by atoms with Gasteiger partial charge in [-0.15, -0.1) is 0 Å². The standard InChI is InChI=1S/C17H14BrClFN3OS/c1-2-5-25-23-13-4-3-12(20)14(15(13)19)16(24)11-8-22-17-10(11)6-9(18)7-21-17/h3-4,6-8,23H,2,5H2,1H3,(H,21,22). The van der Waals surface area contributed by atoms with Crippen LogP contribution in [0.5, 0.6) is 0 Å². The number of carbonyl (C=O) groups is 1. The van der Waals surface area contributed by atoms with Crippen LogP contribution in [0.4, 0.5) is 10.1 Å². The number of aromatic nitrogens is 2. The van der Waals surface area contributed by atoms with Crippen molar-refractivity contribution in [2.24, 2.45) is 0 Å². The maximum atomic E-state index is 14.4. The number of nitrogens with one attached hydrogen (secondary N) is 2. The highest BCUT2D eigenvalue weighted by atomic mass is 79.9. The summed E-state index contributed by atoms with van der Waals surface area (Å²) in [6.45, 7) is 2.05. The van der Waals surface area contributed by atoms with Gasteiger partial charge in [-0.25, -0.2) is 9.37 Å². The number of rotatable bonds is 6. The minimum atomic E-state index is -0.654. The number of anilines is 1. The van der Waals surface area contributed by atoms with Crippen LogP contribution >= 0.6 is 39.5 Å². The molecule has 0 aliphatic rings. The molecule has 0 saturated carbocycles. The molecule has 0 saturated heterocycles. The van der Waals surface area contributed by atoms with Crippen LogP contribution in [0.25, 0.3) is 11.0 Å². The number of hydrogen-bond donors (Lipinski definition) is 2. The van der Waals surface area contributed by atoms with Crippen molar-refractivity contribution in [3.8, 4) is 0 Å². The van der Waals surface area contributed by atoms with E-state index in [2.05, 4.69) is 37.5 Å². The number of halogens is 3. The van der Waals surface area contributed by atoms with Crippen LogP contribution in [0.15, 0.2) is 35.1 Å². The Hall–Kier alpha value is -1.57. The van der Waals surface area contributed by atoms with Gasteiger partial charge in [-0.05, 0) is 40.5 Å². The van der Waals surface area contributed by atoms with E-state index in [-0.39, 0.29) is 10.6 Å². The first-order valence-electron chi connectivity index (χ1n) is 7.56. The van der Waals surface area contributed by atoms with Crippen molar-refractivity contribution in [1.82, 2.24) is 9.97 Å². The number of H-pyrrole nitrogens is 1. The molecule has 0 radical (unpaired) electrons. The minimum Gasteiger partial charge on any atom is -0.345 e. The Morgan fingerprint density at radius 1 is 1.48 bits per heavy atom. The van der Waals surface area contributed by atoms with Gasteiger partial charge < -0.3 is 9.71 Å². The summed E-state index contributed by atoms with van der Waals surface area (Å²) in [4.78, 5) is 20.1. The molecule has 130 valence electrons. The largest absolute Gasteiger partial charge is 0.345 e. The minimum absolute atomic E-state index is 0.0749. The lowest BCUT2D eigenvalue weighted by atomic mass is 10.0. The normalized spacial score (nSPS) is 11.0. The molecule has 8 heteroatoms. The molecule has 0 unspecified atom stereocenters. The lowest BCUT2D eigenvalue weighted by Gasteiger charge is -2.11. The fourth-order valence-corrected chi connectivity index (χ4v) is 3.68. The second-order valence-corrected chi connectivity index (χ2v) is 7.51. The predicted octanol–water partition coefficient (Wildman–Crippen LogP) is 5.82. The molecule has 4 nitrogen and oxygen atoms in total. The summed E-state index contributed by atoms with van der Waals surface area (Å²) in [6, 6.07) is 4.54. The number of aromatic amines is 1. The van der Waals surface area contributed by atoms with Gasteiger partial charge in [-0.1, -0.05) is 30.5 Å². The number of fused-ring (bicyclic) bond motifs is 1. The molecular weight excluding hydrogens is 429 g/mol. The number of benzene rings is 1. The molecule has 0 aliphatic carbocycles. The first kappa shape index (κ1) is 18.2. The van der Waals surface area contributed by atoms with Crippen molar-refractivity contribution in [2.45, 2.75) is 13.3 Å². The third-order valence-corrected chi connectivity index (χ3v) is 5.35. The second-order valence-electron chi connectivity index (χ2n) is 5.32. The molecule has 0 spiro atoms. The molecule has 2 aromatic heterocycles. The third kappa shape index (κ3) is 3.68. The van der Waals surface area contributed by atoms with Crippen LogP contribution < -0.4 is 4.72 Å². The van der Waals surface area contributed by atoms with Crippen LogP contribution in [-0.2, 0) is 0 Å². The molecule has 0 atom stereocenters. The quantitative estimate of drug-likeness (QED) is 0.287. The Labute approximate surface area is 161 Å². The lowest BCUT2D eigenvalue weighted by molar-refractivity contribution is 0.103. The number of nitrogens with zero attached hydrogens (tertiary/aromatic N) is 1. The summed E-state index contributed by atoms with van der Waals surface area (Å²) in [5.41, 5.74) is 1.24. The Morgan fingerprint density at radius 3 is 3.04 bits per heavy atom. The van der Waals surface area contributed by atoms with E-state index < -0.39 is 11.6 Å². The van der Waals surface area contributed by atoms with Gasteiger partial charge in [0.15, 0.2) is 5.78 Å². The summed E-state index contributed by atoms with van der Waals surface area (Å²) < 4.78 is 18.2. The smallest absolute Gasteiger partial charge is 0.199 e. The van der Waals surface area contributed by atoms with E-state index in [0.29, 0.717) is 22.3 Å². The fourth-order valence-electron chi connectivity index (χ4n) is 2.37. The Balaban J connectivity index is 2.03. The van der Waals surface area contributed by atoms with Crippen molar-refractivity contribution >= 4 is 62.0 Å². The molecule has 2 heterocycles. The lowest BCUT2D eigenvalue weighted by Crippen LogP contribution is -2.06. The molecule has 0 fully saturated rings.